The number of sulfone groups is 1. The molecule has 0 radical (unpaired) electrons. The molecule has 0 unspecified atom stereocenters. The van der Waals surface area contributed by atoms with Crippen molar-refractivity contribution in [3.05, 3.63) is 71.1 Å². The molecule has 0 aliphatic carbocycles. The zero-order valence-corrected chi connectivity index (χ0v) is 17.7. The van der Waals surface area contributed by atoms with Gasteiger partial charge in [-0.2, -0.15) is 0 Å². The molecule has 1 N–H and O–H groups in total. The summed E-state index contributed by atoms with van der Waals surface area (Å²) in [6.45, 7) is 7.39. The van der Waals surface area contributed by atoms with Gasteiger partial charge < -0.3 is 9.73 Å². The van der Waals surface area contributed by atoms with Gasteiger partial charge in [0.1, 0.15) is 11.5 Å². The van der Waals surface area contributed by atoms with E-state index in [-0.39, 0.29) is 22.6 Å². The number of rotatable bonds is 6. The number of carbonyl (C=O) groups is 1. The van der Waals surface area contributed by atoms with Gasteiger partial charge >= 0.3 is 0 Å². The van der Waals surface area contributed by atoms with Crippen LogP contribution < -0.4 is 5.32 Å². The lowest BCUT2D eigenvalue weighted by Gasteiger charge is -2.08. The minimum absolute atomic E-state index is 0.0506. The molecule has 3 aromatic rings. The first-order valence-corrected chi connectivity index (χ1v) is 11.0. The minimum Gasteiger partial charge on any atom is -0.441 e. The van der Waals surface area contributed by atoms with Crippen molar-refractivity contribution < 1.29 is 17.6 Å². The highest BCUT2D eigenvalue weighted by molar-refractivity contribution is 7.90. The van der Waals surface area contributed by atoms with Crippen molar-refractivity contribution in [2.75, 3.05) is 0 Å². The number of nitrogens with zero attached hydrogens (tertiary/aromatic N) is 1. The molecule has 0 bridgehead atoms. The fourth-order valence-corrected chi connectivity index (χ4v) is 4.15. The van der Waals surface area contributed by atoms with E-state index in [0.717, 1.165) is 5.56 Å². The third kappa shape index (κ3) is 4.92. The number of nitrogens with one attached hydrogen (secondary N) is 1. The van der Waals surface area contributed by atoms with E-state index in [1.54, 1.807) is 55.5 Å². The van der Waals surface area contributed by atoms with E-state index in [9.17, 15) is 13.2 Å². The van der Waals surface area contributed by atoms with E-state index < -0.39 is 9.84 Å². The first-order valence-electron chi connectivity index (χ1n) is 9.33. The smallest absolute Gasteiger partial charge is 0.251 e. The fourth-order valence-electron chi connectivity index (χ4n) is 2.80. The monoisotopic (exact) mass is 412 g/mol. The normalized spacial score (nSPS) is 11.6. The highest BCUT2D eigenvalue weighted by Gasteiger charge is 2.21. The Morgan fingerprint density at radius 1 is 1.03 bits per heavy atom. The summed E-state index contributed by atoms with van der Waals surface area (Å²) >= 11 is 0. The summed E-state index contributed by atoms with van der Waals surface area (Å²) in [5, 5.41) is 2.83. The van der Waals surface area contributed by atoms with Crippen molar-refractivity contribution in [3.63, 3.8) is 0 Å². The highest BCUT2D eigenvalue weighted by Crippen LogP contribution is 2.25. The van der Waals surface area contributed by atoms with E-state index in [0.29, 0.717) is 28.5 Å². The van der Waals surface area contributed by atoms with Crippen LogP contribution in [0.4, 0.5) is 0 Å². The fraction of sp³-hybridized carbons (Fsp3) is 0.273. The topological polar surface area (TPSA) is 89.3 Å². The molecule has 0 saturated heterocycles. The van der Waals surface area contributed by atoms with Crippen LogP contribution in [0.25, 0.3) is 11.5 Å². The summed E-state index contributed by atoms with van der Waals surface area (Å²) in [5.41, 5.74) is 2.58. The lowest BCUT2D eigenvalue weighted by molar-refractivity contribution is 0.0943. The number of oxazole rings is 1. The Kier molecular flexibility index (Phi) is 5.88. The van der Waals surface area contributed by atoms with Crippen molar-refractivity contribution in [1.82, 2.24) is 10.3 Å². The molecule has 3 rings (SSSR count). The van der Waals surface area contributed by atoms with Crippen LogP contribution in [0.1, 0.15) is 41.2 Å². The van der Waals surface area contributed by atoms with E-state index in [1.165, 1.54) is 0 Å². The summed E-state index contributed by atoms with van der Waals surface area (Å²) < 4.78 is 31.1. The van der Waals surface area contributed by atoms with Crippen molar-refractivity contribution >= 4 is 15.7 Å². The number of carbonyl (C=O) groups excluding carboxylic acids is 1. The molecule has 7 heteroatoms. The van der Waals surface area contributed by atoms with Gasteiger partial charge in [0.2, 0.25) is 5.89 Å². The molecule has 1 heterocycles. The number of benzene rings is 2. The zero-order chi connectivity index (χ0) is 21.2. The average Bonchev–Trinajstić information content (AvgIpc) is 3.01. The second kappa shape index (κ2) is 8.21. The van der Waals surface area contributed by atoms with Crippen LogP contribution in [0.2, 0.25) is 0 Å². The van der Waals surface area contributed by atoms with Crippen LogP contribution in [-0.2, 0) is 15.6 Å². The first-order chi connectivity index (χ1) is 13.7. The van der Waals surface area contributed by atoms with Gasteiger partial charge in [0.15, 0.2) is 9.84 Å². The van der Waals surface area contributed by atoms with Crippen molar-refractivity contribution in [2.24, 2.45) is 0 Å². The van der Waals surface area contributed by atoms with E-state index in [4.69, 9.17) is 4.42 Å². The minimum atomic E-state index is -3.53. The van der Waals surface area contributed by atoms with Gasteiger partial charge in [-0.05, 0) is 64.1 Å². The zero-order valence-electron chi connectivity index (χ0n) is 16.9. The van der Waals surface area contributed by atoms with Gasteiger partial charge in [-0.1, -0.05) is 17.7 Å². The molecule has 0 fully saturated rings. The summed E-state index contributed by atoms with van der Waals surface area (Å²) in [6.07, 6.45) is 0. The number of hydrogen-bond donors (Lipinski definition) is 1. The molecule has 152 valence electrons. The number of aryl methyl sites for hydroxylation is 2. The van der Waals surface area contributed by atoms with Gasteiger partial charge in [0.25, 0.3) is 5.91 Å². The predicted octanol–water partition coefficient (Wildman–Crippen LogP) is 4.07. The lowest BCUT2D eigenvalue weighted by atomic mass is 10.1. The Labute approximate surface area is 170 Å². The van der Waals surface area contributed by atoms with Crippen LogP contribution in [-0.4, -0.2) is 25.4 Å². The maximum atomic E-state index is 12.7. The third-order valence-corrected chi connectivity index (χ3v) is 6.06. The van der Waals surface area contributed by atoms with Gasteiger partial charge in [0, 0.05) is 17.2 Å². The third-order valence-electron chi connectivity index (χ3n) is 4.41. The van der Waals surface area contributed by atoms with Gasteiger partial charge in [-0.3, -0.25) is 4.79 Å². The molecule has 1 amide bonds. The summed E-state index contributed by atoms with van der Waals surface area (Å²) in [4.78, 5) is 16.7. The Morgan fingerprint density at radius 3 is 2.24 bits per heavy atom. The van der Waals surface area contributed by atoms with Crippen LogP contribution >= 0.6 is 0 Å². The standard InChI is InChI=1S/C22H24N2O4S/c1-14(2)23-21(25)17-7-9-18(10-8-17)22-24-20(16(4)28-22)13-29(26,27)19-11-5-15(3)6-12-19/h5-12,14H,13H2,1-4H3,(H,23,25). The SMILES string of the molecule is Cc1ccc(S(=O)(=O)Cc2nc(-c3ccc(C(=O)NC(C)C)cc3)oc2C)cc1. The van der Waals surface area contributed by atoms with E-state index >= 15 is 0 Å². The predicted molar refractivity (Wildman–Crippen MR) is 111 cm³/mol. The number of aromatic nitrogens is 1. The van der Waals surface area contributed by atoms with Crippen molar-refractivity contribution in [2.45, 2.75) is 44.4 Å². The molecule has 0 atom stereocenters. The molecule has 29 heavy (non-hydrogen) atoms. The molecule has 0 aliphatic rings. The van der Waals surface area contributed by atoms with Gasteiger partial charge in [-0.25, -0.2) is 13.4 Å². The lowest BCUT2D eigenvalue weighted by Crippen LogP contribution is -2.29. The van der Waals surface area contributed by atoms with E-state index in [2.05, 4.69) is 10.3 Å². The second-order valence-corrected chi connectivity index (χ2v) is 9.29. The molecule has 0 aliphatic heterocycles. The molecule has 0 spiro atoms. The van der Waals surface area contributed by atoms with Crippen LogP contribution in [0.3, 0.4) is 0 Å². The molecule has 0 saturated carbocycles. The molecule has 2 aromatic carbocycles. The maximum Gasteiger partial charge on any atom is 0.251 e. The molecule has 6 nitrogen and oxygen atoms in total. The Morgan fingerprint density at radius 2 is 1.66 bits per heavy atom. The maximum absolute atomic E-state index is 12.7. The summed E-state index contributed by atoms with van der Waals surface area (Å²) in [7, 11) is -3.53. The van der Waals surface area contributed by atoms with Gasteiger partial charge in [-0.15, -0.1) is 0 Å². The highest BCUT2D eigenvalue weighted by atomic mass is 32.2. The molecular weight excluding hydrogens is 388 g/mol. The first kappa shape index (κ1) is 20.8. The molecule has 1 aromatic heterocycles. The van der Waals surface area contributed by atoms with E-state index in [1.807, 2.05) is 20.8 Å². The Hall–Kier alpha value is -2.93. The van der Waals surface area contributed by atoms with Crippen molar-refractivity contribution in [1.29, 1.82) is 0 Å². The van der Waals surface area contributed by atoms with Crippen LogP contribution in [0.15, 0.2) is 57.8 Å². The quantitative estimate of drug-likeness (QED) is 0.659. The molecular formula is C22H24N2O4S. The largest absolute Gasteiger partial charge is 0.441 e. The summed E-state index contributed by atoms with van der Waals surface area (Å²) in [6, 6.07) is 13.6. The average molecular weight is 413 g/mol. The van der Waals surface area contributed by atoms with Crippen LogP contribution in [0, 0.1) is 13.8 Å². The Balaban J connectivity index is 1.81. The van der Waals surface area contributed by atoms with Gasteiger partial charge in [0.05, 0.1) is 10.6 Å². The number of hydrogen-bond acceptors (Lipinski definition) is 5. The van der Waals surface area contributed by atoms with Crippen LogP contribution in [0.5, 0.6) is 0 Å². The number of amides is 1. The summed E-state index contributed by atoms with van der Waals surface area (Å²) in [5.74, 6) is 0.394. The van der Waals surface area contributed by atoms with Crippen molar-refractivity contribution in [3.8, 4) is 11.5 Å². The second-order valence-electron chi connectivity index (χ2n) is 7.30. The Bertz CT molecular complexity index is 1110.